The molecule has 0 fully saturated rings. The second-order valence-corrected chi connectivity index (χ2v) is 7.03. The molecular formula is C14H13BrClNOS. The largest absolute Gasteiger partial charge is 0.484 e. The molecule has 0 radical (unpaired) electrons. The van der Waals surface area contributed by atoms with E-state index in [4.69, 9.17) is 16.3 Å². The summed E-state index contributed by atoms with van der Waals surface area (Å²) in [7, 11) is 1.99. The smallest absolute Gasteiger partial charge is 0.135 e. The summed E-state index contributed by atoms with van der Waals surface area (Å²) < 4.78 is 7.83. The third kappa shape index (κ3) is 2.55. The van der Waals surface area contributed by atoms with Gasteiger partial charge in [0.05, 0.1) is 0 Å². The topological polar surface area (TPSA) is 21.3 Å². The highest BCUT2D eigenvalue weighted by molar-refractivity contribution is 9.10. The Kier molecular flexibility index (Phi) is 3.85. The van der Waals surface area contributed by atoms with Crippen LogP contribution >= 0.6 is 38.9 Å². The number of ether oxygens (including phenoxy) is 1. The van der Waals surface area contributed by atoms with E-state index in [2.05, 4.69) is 33.4 Å². The molecule has 1 aromatic carbocycles. The van der Waals surface area contributed by atoms with Crippen molar-refractivity contribution in [1.82, 2.24) is 5.32 Å². The summed E-state index contributed by atoms with van der Waals surface area (Å²) in [5.74, 6) is 0.957. The maximum Gasteiger partial charge on any atom is 0.135 e. The van der Waals surface area contributed by atoms with E-state index in [1.54, 1.807) is 11.3 Å². The second-order valence-electron chi connectivity index (χ2n) is 4.49. The van der Waals surface area contributed by atoms with Crippen LogP contribution in [-0.4, -0.2) is 7.05 Å². The van der Waals surface area contributed by atoms with E-state index in [0.29, 0.717) is 6.04 Å². The van der Waals surface area contributed by atoms with Crippen LogP contribution in [0.4, 0.5) is 0 Å². The Bertz CT molecular complexity index is 581. The van der Waals surface area contributed by atoms with Crippen molar-refractivity contribution in [2.75, 3.05) is 7.05 Å². The molecule has 0 aliphatic carbocycles. The lowest BCUT2D eigenvalue weighted by Gasteiger charge is -2.31. The molecule has 0 saturated heterocycles. The fourth-order valence-electron chi connectivity index (χ4n) is 2.39. The molecule has 5 heteroatoms. The van der Waals surface area contributed by atoms with Gasteiger partial charge in [-0.25, -0.2) is 0 Å². The predicted molar refractivity (Wildman–Crippen MR) is 83.3 cm³/mol. The van der Waals surface area contributed by atoms with Crippen molar-refractivity contribution in [2.24, 2.45) is 0 Å². The monoisotopic (exact) mass is 357 g/mol. The number of rotatable bonds is 2. The molecule has 2 heterocycles. The van der Waals surface area contributed by atoms with Crippen molar-refractivity contribution in [3.05, 3.63) is 49.6 Å². The van der Waals surface area contributed by atoms with Crippen LogP contribution < -0.4 is 10.1 Å². The van der Waals surface area contributed by atoms with Crippen molar-refractivity contribution in [3.63, 3.8) is 0 Å². The van der Waals surface area contributed by atoms with Gasteiger partial charge in [0.25, 0.3) is 0 Å². The molecule has 2 unspecified atom stereocenters. The van der Waals surface area contributed by atoms with Crippen LogP contribution in [0.1, 0.15) is 29.0 Å². The lowest BCUT2D eigenvalue weighted by atomic mass is 9.96. The van der Waals surface area contributed by atoms with Crippen molar-refractivity contribution < 1.29 is 4.74 Å². The Morgan fingerprint density at radius 1 is 1.42 bits per heavy atom. The summed E-state index contributed by atoms with van der Waals surface area (Å²) in [6, 6.07) is 10.6. The van der Waals surface area contributed by atoms with E-state index in [0.717, 1.165) is 25.9 Å². The third-order valence-electron chi connectivity index (χ3n) is 3.34. The highest BCUT2D eigenvalue weighted by atomic mass is 79.9. The Hall–Kier alpha value is -0.550. The van der Waals surface area contributed by atoms with Crippen molar-refractivity contribution in [1.29, 1.82) is 0 Å². The molecular weight excluding hydrogens is 346 g/mol. The molecule has 2 nitrogen and oxygen atoms in total. The van der Waals surface area contributed by atoms with Gasteiger partial charge in [0.15, 0.2) is 0 Å². The normalized spacial score (nSPS) is 21.8. The fraction of sp³-hybridized carbons (Fsp3) is 0.286. The van der Waals surface area contributed by atoms with Crippen molar-refractivity contribution in [2.45, 2.75) is 18.6 Å². The maximum atomic E-state index is 6.12. The van der Waals surface area contributed by atoms with Gasteiger partial charge in [0, 0.05) is 27.4 Å². The molecule has 19 heavy (non-hydrogen) atoms. The fourth-order valence-corrected chi connectivity index (χ4v) is 4.17. The average Bonchev–Trinajstić information content (AvgIpc) is 2.77. The Balaban J connectivity index is 1.95. The van der Waals surface area contributed by atoms with Crippen LogP contribution in [0.15, 0.2) is 34.8 Å². The van der Waals surface area contributed by atoms with Gasteiger partial charge in [-0.2, -0.15) is 0 Å². The minimum atomic E-state index is 0.0566. The molecule has 3 rings (SSSR count). The van der Waals surface area contributed by atoms with E-state index < -0.39 is 0 Å². The summed E-state index contributed by atoms with van der Waals surface area (Å²) in [6.45, 7) is 0. The molecule has 1 aliphatic rings. The highest BCUT2D eigenvalue weighted by Crippen LogP contribution is 2.44. The summed E-state index contributed by atoms with van der Waals surface area (Å²) >= 11 is 11.1. The van der Waals surface area contributed by atoms with E-state index >= 15 is 0 Å². The first-order chi connectivity index (χ1) is 9.19. The lowest BCUT2D eigenvalue weighted by molar-refractivity contribution is 0.157. The number of benzene rings is 1. The Morgan fingerprint density at radius 2 is 2.21 bits per heavy atom. The number of hydrogen-bond acceptors (Lipinski definition) is 3. The van der Waals surface area contributed by atoms with E-state index in [1.165, 1.54) is 5.56 Å². The standard InChI is InChI=1S/C14H13BrClNOS/c1-17-10-7-12(13-6-9(15)14(16)19-13)18-11-5-3-2-4-8(10)11/h2-6,10,12,17H,7H2,1H3. The molecule has 0 spiro atoms. The number of fused-ring (bicyclic) bond motifs is 1. The Morgan fingerprint density at radius 3 is 2.89 bits per heavy atom. The van der Waals surface area contributed by atoms with Crippen LogP contribution in [0.3, 0.4) is 0 Å². The average molecular weight is 359 g/mol. The molecule has 2 aromatic rings. The first kappa shape index (κ1) is 13.4. The number of para-hydroxylation sites is 1. The minimum absolute atomic E-state index is 0.0566. The van der Waals surface area contributed by atoms with Crippen LogP contribution in [0.25, 0.3) is 0 Å². The zero-order valence-electron chi connectivity index (χ0n) is 10.3. The highest BCUT2D eigenvalue weighted by Gasteiger charge is 2.29. The van der Waals surface area contributed by atoms with Gasteiger partial charge in [-0.05, 0) is 35.1 Å². The summed E-state index contributed by atoms with van der Waals surface area (Å²) in [5, 5.41) is 3.36. The summed E-state index contributed by atoms with van der Waals surface area (Å²) in [6.07, 6.45) is 0.970. The number of nitrogens with one attached hydrogen (secondary N) is 1. The molecule has 1 N–H and O–H groups in total. The SMILES string of the molecule is CNC1CC(c2cc(Br)c(Cl)s2)Oc2ccccc21. The van der Waals surface area contributed by atoms with Gasteiger partial charge >= 0.3 is 0 Å². The van der Waals surface area contributed by atoms with Crippen LogP contribution in [0.2, 0.25) is 4.34 Å². The first-order valence-electron chi connectivity index (χ1n) is 6.06. The number of hydrogen-bond donors (Lipinski definition) is 1. The second kappa shape index (κ2) is 5.44. The maximum absolute atomic E-state index is 6.12. The predicted octanol–water partition coefficient (Wildman–Crippen LogP) is 4.95. The van der Waals surface area contributed by atoms with Gasteiger partial charge in [0.2, 0.25) is 0 Å². The van der Waals surface area contributed by atoms with Gasteiger partial charge in [-0.15, -0.1) is 11.3 Å². The van der Waals surface area contributed by atoms with Gasteiger partial charge in [0.1, 0.15) is 16.2 Å². The third-order valence-corrected chi connectivity index (χ3v) is 5.91. The summed E-state index contributed by atoms with van der Waals surface area (Å²) in [4.78, 5) is 1.16. The Labute approximate surface area is 129 Å². The van der Waals surface area contributed by atoms with Crippen LogP contribution in [0, 0.1) is 0 Å². The molecule has 100 valence electrons. The molecule has 0 saturated carbocycles. The van der Waals surface area contributed by atoms with Crippen molar-refractivity contribution in [3.8, 4) is 5.75 Å². The minimum Gasteiger partial charge on any atom is -0.484 e. The zero-order chi connectivity index (χ0) is 13.4. The van der Waals surface area contributed by atoms with Crippen LogP contribution in [-0.2, 0) is 0 Å². The van der Waals surface area contributed by atoms with Gasteiger partial charge in [-0.3, -0.25) is 0 Å². The number of thiophene rings is 1. The summed E-state index contributed by atoms with van der Waals surface area (Å²) in [5.41, 5.74) is 1.22. The van der Waals surface area contributed by atoms with Crippen LogP contribution in [0.5, 0.6) is 5.75 Å². The molecule has 1 aromatic heterocycles. The molecule has 0 bridgehead atoms. The molecule has 0 amide bonds. The van der Waals surface area contributed by atoms with E-state index in [-0.39, 0.29) is 6.10 Å². The lowest BCUT2D eigenvalue weighted by Crippen LogP contribution is -2.26. The van der Waals surface area contributed by atoms with E-state index in [1.807, 2.05) is 25.2 Å². The molecule has 2 atom stereocenters. The zero-order valence-corrected chi connectivity index (χ0v) is 13.5. The van der Waals surface area contributed by atoms with Gasteiger partial charge in [-0.1, -0.05) is 29.8 Å². The van der Waals surface area contributed by atoms with Gasteiger partial charge < -0.3 is 10.1 Å². The van der Waals surface area contributed by atoms with Crippen molar-refractivity contribution >= 4 is 38.9 Å². The number of halogens is 2. The first-order valence-corrected chi connectivity index (χ1v) is 8.05. The molecule has 1 aliphatic heterocycles. The van der Waals surface area contributed by atoms with E-state index in [9.17, 15) is 0 Å². The quantitative estimate of drug-likeness (QED) is 0.820.